The summed E-state index contributed by atoms with van der Waals surface area (Å²) < 4.78 is 10.7. The molecule has 2 rings (SSSR count). The predicted octanol–water partition coefficient (Wildman–Crippen LogP) is 1.85. The molecule has 1 heterocycles. The van der Waals surface area contributed by atoms with Gasteiger partial charge in [-0.3, -0.25) is 0 Å². The van der Waals surface area contributed by atoms with E-state index >= 15 is 0 Å². The molecule has 106 valence electrons. The fourth-order valence-corrected chi connectivity index (χ4v) is 2.21. The van der Waals surface area contributed by atoms with Gasteiger partial charge in [-0.15, -0.1) is 0 Å². The fraction of sp³-hybridized carbons (Fsp3) is 0.600. The van der Waals surface area contributed by atoms with Crippen LogP contribution in [0.15, 0.2) is 24.3 Å². The summed E-state index contributed by atoms with van der Waals surface area (Å²) in [5, 5.41) is 0. The number of anilines is 1. The Balaban J connectivity index is 1.81. The second kappa shape index (κ2) is 7.36. The van der Waals surface area contributed by atoms with Crippen LogP contribution in [0.4, 0.5) is 5.69 Å². The van der Waals surface area contributed by atoms with Crippen molar-refractivity contribution < 1.29 is 9.47 Å². The molecule has 0 aromatic heterocycles. The molecule has 19 heavy (non-hydrogen) atoms. The fourth-order valence-electron chi connectivity index (χ4n) is 2.21. The van der Waals surface area contributed by atoms with E-state index in [0.717, 1.165) is 45.0 Å². The lowest BCUT2D eigenvalue weighted by Crippen LogP contribution is -2.44. The first kappa shape index (κ1) is 14.2. The molecule has 4 nitrogen and oxygen atoms in total. The zero-order valence-corrected chi connectivity index (χ0v) is 12.0. The van der Waals surface area contributed by atoms with Crippen LogP contribution in [0.1, 0.15) is 6.42 Å². The van der Waals surface area contributed by atoms with Gasteiger partial charge in [0.2, 0.25) is 0 Å². The first-order valence-electron chi connectivity index (χ1n) is 6.95. The van der Waals surface area contributed by atoms with Crippen molar-refractivity contribution in [3.05, 3.63) is 24.3 Å². The third kappa shape index (κ3) is 4.40. The first-order chi connectivity index (χ1) is 9.29. The lowest BCUT2D eigenvalue weighted by Gasteiger charge is -2.34. The molecule has 0 bridgehead atoms. The standard InChI is InChI=1S/C15H24N2O2/c1-16-8-10-17(11-9-16)14-4-6-15(7-5-14)19-13-3-12-18-2/h4-7H,3,8-13H2,1-2H3. The SMILES string of the molecule is COCCCOc1ccc(N2CCN(C)CC2)cc1. The number of rotatable bonds is 6. The number of likely N-dealkylation sites (N-methyl/N-ethyl adjacent to an activating group) is 1. The summed E-state index contributed by atoms with van der Waals surface area (Å²) in [4.78, 5) is 4.79. The van der Waals surface area contributed by atoms with Gasteiger partial charge in [-0.05, 0) is 31.3 Å². The largest absolute Gasteiger partial charge is 0.494 e. The minimum atomic E-state index is 0.710. The second-order valence-electron chi connectivity index (χ2n) is 4.98. The van der Waals surface area contributed by atoms with Crippen LogP contribution in [-0.2, 0) is 4.74 Å². The molecule has 1 aromatic carbocycles. The van der Waals surface area contributed by atoms with Crippen molar-refractivity contribution in [3.63, 3.8) is 0 Å². The number of hydrogen-bond donors (Lipinski definition) is 0. The summed E-state index contributed by atoms with van der Waals surface area (Å²) >= 11 is 0. The summed E-state index contributed by atoms with van der Waals surface area (Å²) in [7, 11) is 3.89. The maximum absolute atomic E-state index is 5.66. The Morgan fingerprint density at radius 3 is 2.32 bits per heavy atom. The molecule has 1 fully saturated rings. The third-order valence-electron chi connectivity index (χ3n) is 3.47. The molecule has 0 aliphatic carbocycles. The molecule has 1 aromatic rings. The van der Waals surface area contributed by atoms with E-state index in [1.165, 1.54) is 5.69 Å². The maximum Gasteiger partial charge on any atom is 0.119 e. The smallest absolute Gasteiger partial charge is 0.119 e. The van der Waals surface area contributed by atoms with Crippen molar-refractivity contribution in [3.8, 4) is 5.75 Å². The molecule has 4 heteroatoms. The highest BCUT2D eigenvalue weighted by Gasteiger charge is 2.13. The van der Waals surface area contributed by atoms with E-state index in [9.17, 15) is 0 Å². The molecule has 0 unspecified atom stereocenters. The Morgan fingerprint density at radius 2 is 1.68 bits per heavy atom. The van der Waals surface area contributed by atoms with E-state index in [4.69, 9.17) is 9.47 Å². The van der Waals surface area contributed by atoms with Gasteiger partial charge in [0, 0.05) is 52.0 Å². The summed E-state index contributed by atoms with van der Waals surface area (Å²) in [6.07, 6.45) is 0.927. The number of ether oxygens (including phenoxy) is 2. The molecular formula is C15H24N2O2. The normalized spacial score (nSPS) is 16.6. The van der Waals surface area contributed by atoms with Gasteiger partial charge in [-0.2, -0.15) is 0 Å². The van der Waals surface area contributed by atoms with E-state index in [0.29, 0.717) is 6.61 Å². The van der Waals surface area contributed by atoms with Crippen molar-refractivity contribution >= 4 is 5.69 Å². The van der Waals surface area contributed by atoms with Gasteiger partial charge in [0.05, 0.1) is 6.61 Å². The highest BCUT2D eigenvalue weighted by atomic mass is 16.5. The summed E-state index contributed by atoms with van der Waals surface area (Å²) in [6.45, 7) is 5.93. The lowest BCUT2D eigenvalue weighted by molar-refractivity contribution is 0.172. The number of methoxy groups -OCH3 is 1. The van der Waals surface area contributed by atoms with Gasteiger partial charge >= 0.3 is 0 Å². The summed E-state index contributed by atoms with van der Waals surface area (Å²) in [5.74, 6) is 0.939. The number of benzene rings is 1. The molecule has 0 radical (unpaired) electrons. The Bertz CT molecular complexity index is 359. The monoisotopic (exact) mass is 264 g/mol. The van der Waals surface area contributed by atoms with E-state index in [1.54, 1.807) is 7.11 Å². The van der Waals surface area contributed by atoms with Crippen molar-refractivity contribution in [2.75, 3.05) is 58.5 Å². The summed E-state index contributed by atoms with van der Waals surface area (Å²) in [6, 6.07) is 8.41. The molecule has 1 aliphatic heterocycles. The Morgan fingerprint density at radius 1 is 1.00 bits per heavy atom. The molecule has 0 amide bonds. The van der Waals surface area contributed by atoms with Gasteiger partial charge in [0.25, 0.3) is 0 Å². The van der Waals surface area contributed by atoms with Crippen LogP contribution in [0.5, 0.6) is 5.75 Å². The zero-order chi connectivity index (χ0) is 13.5. The van der Waals surface area contributed by atoms with Crippen molar-refractivity contribution in [2.24, 2.45) is 0 Å². The van der Waals surface area contributed by atoms with Gasteiger partial charge < -0.3 is 19.3 Å². The maximum atomic E-state index is 5.66. The number of piperazine rings is 1. The Hall–Kier alpha value is -1.26. The van der Waals surface area contributed by atoms with E-state index < -0.39 is 0 Å². The van der Waals surface area contributed by atoms with Crippen LogP contribution in [0.25, 0.3) is 0 Å². The van der Waals surface area contributed by atoms with Gasteiger partial charge in [-0.25, -0.2) is 0 Å². The highest BCUT2D eigenvalue weighted by Crippen LogP contribution is 2.20. The van der Waals surface area contributed by atoms with Crippen molar-refractivity contribution in [1.82, 2.24) is 4.90 Å². The summed E-state index contributed by atoms with van der Waals surface area (Å²) in [5.41, 5.74) is 1.29. The van der Waals surface area contributed by atoms with Crippen LogP contribution in [0, 0.1) is 0 Å². The highest BCUT2D eigenvalue weighted by molar-refractivity contribution is 5.49. The molecule has 1 aliphatic rings. The van der Waals surface area contributed by atoms with Gasteiger partial charge in [-0.1, -0.05) is 0 Å². The molecule has 0 atom stereocenters. The van der Waals surface area contributed by atoms with Crippen molar-refractivity contribution in [1.29, 1.82) is 0 Å². The average Bonchev–Trinajstić information content (AvgIpc) is 2.45. The molecule has 0 saturated carbocycles. The second-order valence-corrected chi connectivity index (χ2v) is 4.98. The minimum absolute atomic E-state index is 0.710. The zero-order valence-electron chi connectivity index (χ0n) is 12.0. The third-order valence-corrected chi connectivity index (χ3v) is 3.47. The van der Waals surface area contributed by atoms with Crippen LogP contribution in [-0.4, -0.2) is 58.5 Å². The van der Waals surface area contributed by atoms with Crippen LogP contribution >= 0.6 is 0 Å². The quantitative estimate of drug-likeness (QED) is 0.732. The molecule has 0 N–H and O–H groups in total. The molecule has 1 saturated heterocycles. The van der Waals surface area contributed by atoms with E-state index in [1.807, 2.05) is 0 Å². The topological polar surface area (TPSA) is 24.9 Å². The van der Waals surface area contributed by atoms with Crippen LogP contribution in [0.3, 0.4) is 0 Å². The Kier molecular flexibility index (Phi) is 5.48. The van der Waals surface area contributed by atoms with E-state index in [-0.39, 0.29) is 0 Å². The lowest BCUT2D eigenvalue weighted by atomic mass is 10.2. The van der Waals surface area contributed by atoms with E-state index in [2.05, 4.69) is 41.1 Å². The van der Waals surface area contributed by atoms with Crippen molar-refractivity contribution in [2.45, 2.75) is 6.42 Å². The Labute approximate surface area is 115 Å². The van der Waals surface area contributed by atoms with Gasteiger partial charge in [0.1, 0.15) is 5.75 Å². The minimum Gasteiger partial charge on any atom is -0.494 e. The van der Waals surface area contributed by atoms with Gasteiger partial charge in [0.15, 0.2) is 0 Å². The number of nitrogens with zero attached hydrogens (tertiary/aromatic N) is 2. The predicted molar refractivity (Wildman–Crippen MR) is 78.1 cm³/mol. The molecular weight excluding hydrogens is 240 g/mol. The van der Waals surface area contributed by atoms with Crippen LogP contribution in [0.2, 0.25) is 0 Å². The first-order valence-corrected chi connectivity index (χ1v) is 6.95. The number of hydrogen-bond acceptors (Lipinski definition) is 4. The molecule has 0 spiro atoms. The average molecular weight is 264 g/mol. The van der Waals surface area contributed by atoms with Crippen LogP contribution < -0.4 is 9.64 Å².